The third kappa shape index (κ3) is 4.24. The summed E-state index contributed by atoms with van der Waals surface area (Å²) in [6.45, 7) is 2.77. The molecule has 5 heteroatoms. The Morgan fingerprint density at radius 2 is 1.68 bits per heavy atom. The predicted molar refractivity (Wildman–Crippen MR) is 118 cm³/mol. The summed E-state index contributed by atoms with van der Waals surface area (Å²) in [5.74, 6) is 1.36. The number of nitrogens with zero attached hydrogens (tertiary/aromatic N) is 2. The highest BCUT2D eigenvalue weighted by atomic mass is 35.5. The van der Waals surface area contributed by atoms with Crippen LogP contribution in [0, 0.1) is 6.92 Å². The van der Waals surface area contributed by atoms with E-state index in [0.717, 1.165) is 40.9 Å². The van der Waals surface area contributed by atoms with Crippen LogP contribution in [0.4, 0.5) is 17.5 Å². The van der Waals surface area contributed by atoms with Crippen LogP contribution in [-0.4, -0.2) is 16.5 Å². The second-order valence-electron chi connectivity index (χ2n) is 6.66. The number of fused-ring (bicyclic) bond motifs is 1. The fraction of sp³-hybridized carbons (Fsp3) is 0.130. The summed E-state index contributed by atoms with van der Waals surface area (Å²) in [6.07, 6.45) is 0.926. The van der Waals surface area contributed by atoms with Gasteiger partial charge in [0.05, 0.1) is 5.52 Å². The van der Waals surface area contributed by atoms with Gasteiger partial charge in [0.1, 0.15) is 5.82 Å². The Balaban J connectivity index is 1.58. The van der Waals surface area contributed by atoms with Crippen molar-refractivity contribution in [3.05, 3.63) is 88.9 Å². The number of anilines is 3. The van der Waals surface area contributed by atoms with Crippen LogP contribution in [0.5, 0.6) is 0 Å². The number of para-hydroxylation sites is 1. The number of halogens is 1. The zero-order chi connectivity index (χ0) is 19.3. The van der Waals surface area contributed by atoms with Gasteiger partial charge in [0.15, 0.2) is 0 Å². The van der Waals surface area contributed by atoms with Gasteiger partial charge in [-0.25, -0.2) is 4.98 Å². The minimum Gasteiger partial charge on any atom is -0.369 e. The summed E-state index contributed by atoms with van der Waals surface area (Å²) in [4.78, 5) is 9.35. The molecule has 3 aromatic carbocycles. The SMILES string of the molecule is Cc1ccc(Nc2nc(NCCc3ccccc3)c3ccccc3n2)cc1Cl. The Morgan fingerprint density at radius 1 is 0.893 bits per heavy atom. The molecule has 4 aromatic rings. The van der Waals surface area contributed by atoms with Crippen LogP contribution in [-0.2, 0) is 6.42 Å². The molecule has 0 saturated heterocycles. The number of rotatable bonds is 6. The maximum atomic E-state index is 6.24. The summed E-state index contributed by atoms with van der Waals surface area (Å²) in [5.41, 5.74) is 4.08. The average molecular weight is 389 g/mol. The number of hydrogen-bond donors (Lipinski definition) is 2. The monoisotopic (exact) mass is 388 g/mol. The quantitative estimate of drug-likeness (QED) is 0.426. The Hall–Kier alpha value is -3.11. The van der Waals surface area contributed by atoms with E-state index in [2.05, 4.69) is 39.9 Å². The second kappa shape index (κ2) is 8.28. The molecule has 0 bridgehead atoms. The number of aryl methyl sites for hydroxylation is 1. The first kappa shape index (κ1) is 18.3. The third-order valence-corrected chi connectivity index (χ3v) is 4.99. The van der Waals surface area contributed by atoms with Gasteiger partial charge < -0.3 is 10.6 Å². The fourth-order valence-electron chi connectivity index (χ4n) is 3.04. The molecule has 0 saturated carbocycles. The average Bonchev–Trinajstić information content (AvgIpc) is 2.71. The summed E-state index contributed by atoms with van der Waals surface area (Å²) >= 11 is 6.24. The molecule has 1 aromatic heterocycles. The largest absolute Gasteiger partial charge is 0.369 e. The first-order valence-corrected chi connectivity index (χ1v) is 9.64. The van der Waals surface area contributed by atoms with Crippen molar-refractivity contribution in [2.24, 2.45) is 0 Å². The van der Waals surface area contributed by atoms with Gasteiger partial charge in [-0.05, 0) is 48.7 Å². The van der Waals surface area contributed by atoms with Crippen molar-refractivity contribution in [2.75, 3.05) is 17.2 Å². The Bertz CT molecular complexity index is 1100. The van der Waals surface area contributed by atoms with Crippen molar-refractivity contribution in [1.82, 2.24) is 9.97 Å². The molecule has 0 unspecified atom stereocenters. The highest BCUT2D eigenvalue weighted by molar-refractivity contribution is 6.31. The Morgan fingerprint density at radius 3 is 2.50 bits per heavy atom. The molecule has 0 radical (unpaired) electrons. The normalized spacial score (nSPS) is 10.8. The van der Waals surface area contributed by atoms with Crippen molar-refractivity contribution < 1.29 is 0 Å². The first-order chi connectivity index (χ1) is 13.7. The molecule has 4 nitrogen and oxygen atoms in total. The molecule has 0 aliphatic rings. The summed E-state index contributed by atoms with van der Waals surface area (Å²) in [7, 11) is 0. The van der Waals surface area contributed by atoms with E-state index in [1.165, 1.54) is 5.56 Å². The van der Waals surface area contributed by atoms with Crippen LogP contribution in [0.2, 0.25) is 5.02 Å². The lowest BCUT2D eigenvalue weighted by Gasteiger charge is -2.12. The Kier molecular flexibility index (Phi) is 5.40. The van der Waals surface area contributed by atoms with E-state index in [4.69, 9.17) is 16.6 Å². The van der Waals surface area contributed by atoms with Crippen molar-refractivity contribution in [3.63, 3.8) is 0 Å². The van der Waals surface area contributed by atoms with Crippen LogP contribution in [0.3, 0.4) is 0 Å². The van der Waals surface area contributed by atoms with Crippen LogP contribution >= 0.6 is 11.6 Å². The highest BCUT2D eigenvalue weighted by Crippen LogP contribution is 2.25. The second-order valence-corrected chi connectivity index (χ2v) is 7.07. The molecule has 0 atom stereocenters. The summed E-state index contributed by atoms with van der Waals surface area (Å²) in [6, 6.07) is 24.3. The van der Waals surface area contributed by atoms with Gasteiger partial charge in [0, 0.05) is 22.6 Å². The Labute approximate surface area is 169 Å². The van der Waals surface area contributed by atoms with Crippen molar-refractivity contribution in [1.29, 1.82) is 0 Å². The molecule has 140 valence electrons. The molecule has 1 heterocycles. The molecular weight excluding hydrogens is 368 g/mol. The van der Waals surface area contributed by atoms with E-state index in [0.29, 0.717) is 11.0 Å². The minimum atomic E-state index is 0.542. The molecule has 2 N–H and O–H groups in total. The molecule has 4 rings (SSSR count). The summed E-state index contributed by atoms with van der Waals surface area (Å²) in [5, 5.41) is 8.45. The van der Waals surface area contributed by atoms with Gasteiger partial charge in [-0.2, -0.15) is 4.98 Å². The lowest BCUT2D eigenvalue weighted by molar-refractivity contribution is 1.01. The predicted octanol–water partition coefficient (Wildman–Crippen LogP) is 5.99. The standard InChI is InChI=1S/C23H21ClN4/c1-16-11-12-18(15-20(16)24)26-23-27-21-10-6-5-9-19(21)22(28-23)25-14-13-17-7-3-2-4-8-17/h2-12,15H,13-14H2,1H3,(H2,25,26,27,28). The van der Waals surface area contributed by atoms with E-state index >= 15 is 0 Å². The smallest absolute Gasteiger partial charge is 0.229 e. The molecule has 0 amide bonds. The van der Waals surface area contributed by atoms with Crippen LogP contribution in [0.25, 0.3) is 10.9 Å². The molecule has 28 heavy (non-hydrogen) atoms. The van der Waals surface area contributed by atoms with E-state index in [1.54, 1.807) is 0 Å². The molecular formula is C23H21ClN4. The maximum absolute atomic E-state index is 6.24. The lowest BCUT2D eigenvalue weighted by atomic mass is 10.1. The van der Waals surface area contributed by atoms with Crippen molar-refractivity contribution >= 4 is 40.0 Å². The number of hydrogen-bond acceptors (Lipinski definition) is 4. The van der Waals surface area contributed by atoms with Crippen LogP contribution in [0.1, 0.15) is 11.1 Å². The zero-order valence-electron chi connectivity index (χ0n) is 15.6. The number of benzene rings is 3. The van der Waals surface area contributed by atoms with E-state index in [9.17, 15) is 0 Å². The minimum absolute atomic E-state index is 0.542. The van der Waals surface area contributed by atoms with Crippen LogP contribution in [0.15, 0.2) is 72.8 Å². The lowest BCUT2D eigenvalue weighted by Crippen LogP contribution is -2.09. The zero-order valence-corrected chi connectivity index (χ0v) is 16.4. The van der Waals surface area contributed by atoms with E-state index < -0.39 is 0 Å². The van der Waals surface area contributed by atoms with Gasteiger partial charge in [-0.3, -0.25) is 0 Å². The van der Waals surface area contributed by atoms with E-state index in [-0.39, 0.29) is 0 Å². The molecule has 0 spiro atoms. The topological polar surface area (TPSA) is 49.8 Å². The van der Waals surface area contributed by atoms with Crippen molar-refractivity contribution in [3.8, 4) is 0 Å². The number of nitrogens with one attached hydrogen (secondary N) is 2. The first-order valence-electron chi connectivity index (χ1n) is 9.27. The van der Waals surface area contributed by atoms with Gasteiger partial charge in [0.25, 0.3) is 0 Å². The molecule has 0 fully saturated rings. The maximum Gasteiger partial charge on any atom is 0.229 e. The van der Waals surface area contributed by atoms with Gasteiger partial charge in [0.2, 0.25) is 5.95 Å². The van der Waals surface area contributed by atoms with Gasteiger partial charge in [-0.15, -0.1) is 0 Å². The van der Waals surface area contributed by atoms with E-state index in [1.807, 2.05) is 55.5 Å². The van der Waals surface area contributed by atoms with Crippen molar-refractivity contribution in [2.45, 2.75) is 13.3 Å². The molecule has 0 aliphatic heterocycles. The molecule has 0 aliphatic carbocycles. The highest BCUT2D eigenvalue weighted by Gasteiger charge is 2.08. The fourth-order valence-corrected chi connectivity index (χ4v) is 3.22. The summed E-state index contributed by atoms with van der Waals surface area (Å²) < 4.78 is 0. The van der Waals surface area contributed by atoms with Crippen LogP contribution < -0.4 is 10.6 Å². The van der Waals surface area contributed by atoms with Gasteiger partial charge >= 0.3 is 0 Å². The third-order valence-electron chi connectivity index (χ3n) is 4.58. The van der Waals surface area contributed by atoms with Gasteiger partial charge in [-0.1, -0.05) is 60.1 Å². The number of aromatic nitrogens is 2.